The number of allylic oxidation sites excluding steroid dienone is 6. The van der Waals surface area contributed by atoms with Crippen LogP contribution in [0, 0.1) is 17.8 Å². The van der Waals surface area contributed by atoms with E-state index in [9.17, 15) is 9.90 Å². The van der Waals surface area contributed by atoms with Gasteiger partial charge in [0.15, 0.2) is 0 Å². The molecule has 3 atom stereocenters. The molecule has 3 heteroatoms. The van der Waals surface area contributed by atoms with Crippen molar-refractivity contribution in [3.8, 4) is 0 Å². The summed E-state index contributed by atoms with van der Waals surface area (Å²) in [5.74, 6) is 3.56. The van der Waals surface area contributed by atoms with Crippen LogP contribution in [0.25, 0.3) is 0 Å². The van der Waals surface area contributed by atoms with Gasteiger partial charge in [0.05, 0.1) is 6.10 Å². The number of hydrogen-bond donors (Lipinski definition) is 1. The number of thioether (sulfide) groups is 1. The van der Waals surface area contributed by atoms with E-state index in [1.165, 1.54) is 62.7 Å². The molecule has 2 nitrogen and oxygen atoms in total. The first kappa shape index (κ1) is 49.1. The average Bonchev–Trinajstić information content (AvgIpc) is 2.98. The molecule has 0 bridgehead atoms. The molecule has 3 unspecified atom stereocenters. The number of aliphatic hydroxyl groups is 1. The second kappa shape index (κ2) is 35.7. The van der Waals surface area contributed by atoms with Crippen LogP contribution in [0.5, 0.6) is 0 Å². The third-order valence-corrected chi connectivity index (χ3v) is 9.20. The zero-order valence-electron chi connectivity index (χ0n) is 31.9. The van der Waals surface area contributed by atoms with Gasteiger partial charge < -0.3 is 5.11 Å². The Bertz CT molecular complexity index is 647. The zero-order valence-corrected chi connectivity index (χ0v) is 32.7. The van der Waals surface area contributed by atoms with Crippen LogP contribution in [0.2, 0.25) is 0 Å². The van der Waals surface area contributed by atoms with E-state index in [1.807, 2.05) is 51.6 Å². The molecular weight excluding hydrogens is 545 g/mol. The summed E-state index contributed by atoms with van der Waals surface area (Å²) in [6.45, 7) is 30.4. The Morgan fingerprint density at radius 3 is 1.79 bits per heavy atom. The predicted octanol–water partition coefficient (Wildman–Crippen LogP) is 13.6. The Morgan fingerprint density at radius 2 is 1.42 bits per heavy atom. The second-order valence-corrected chi connectivity index (χ2v) is 14.8. The van der Waals surface area contributed by atoms with Crippen molar-refractivity contribution in [3.63, 3.8) is 0 Å². The fourth-order valence-corrected chi connectivity index (χ4v) is 4.90. The molecule has 1 rings (SSSR count). The van der Waals surface area contributed by atoms with Gasteiger partial charge in [-0.25, -0.2) is 0 Å². The third-order valence-electron chi connectivity index (χ3n) is 7.84. The van der Waals surface area contributed by atoms with Crippen LogP contribution in [0.1, 0.15) is 180 Å². The van der Waals surface area contributed by atoms with Gasteiger partial charge in [-0.3, -0.25) is 4.79 Å². The fourth-order valence-electron chi connectivity index (χ4n) is 3.92. The molecule has 0 saturated heterocycles. The van der Waals surface area contributed by atoms with E-state index < -0.39 is 6.10 Å². The van der Waals surface area contributed by atoms with Crippen molar-refractivity contribution in [3.05, 3.63) is 36.0 Å². The summed E-state index contributed by atoms with van der Waals surface area (Å²) in [5.41, 5.74) is 1.40. The van der Waals surface area contributed by atoms with Crippen molar-refractivity contribution in [2.24, 2.45) is 17.8 Å². The number of hydrogen-bond acceptors (Lipinski definition) is 3. The van der Waals surface area contributed by atoms with E-state index in [4.69, 9.17) is 0 Å². The van der Waals surface area contributed by atoms with Gasteiger partial charge in [-0.2, -0.15) is 11.8 Å². The highest BCUT2D eigenvalue weighted by atomic mass is 32.2. The van der Waals surface area contributed by atoms with Crippen molar-refractivity contribution in [1.82, 2.24) is 0 Å². The minimum Gasteiger partial charge on any atom is -0.392 e. The van der Waals surface area contributed by atoms with Gasteiger partial charge >= 0.3 is 0 Å². The number of aliphatic hydroxyl groups excluding tert-OH is 1. The van der Waals surface area contributed by atoms with Crippen molar-refractivity contribution in [2.45, 2.75) is 191 Å². The van der Waals surface area contributed by atoms with Gasteiger partial charge in [0.1, 0.15) is 5.78 Å². The van der Waals surface area contributed by atoms with Crippen molar-refractivity contribution < 1.29 is 9.90 Å². The SMILES string of the molecule is CC.CC1CCCCC1C.CCC/C(C)=C/C=C/C=C/CCCC(=O)CC(O)C(C)C.CCCC.CCSC(C)(C)CC. The molecule has 0 spiro atoms. The van der Waals surface area contributed by atoms with Crippen LogP contribution in [0.3, 0.4) is 0 Å². The largest absolute Gasteiger partial charge is 0.392 e. The highest BCUT2D eigenvalue weighted by Crippen LogP contribution is 2.28. The number of carbonyl (C=O) groups is 1. The summed E-state index contributed by atoms with van der Waals surface area (Å²) in [6.07, 6.45) is 24.6. The standard InChI is InChI=1S/C19H32O2.C8H16.C7H16S.C4H10.C2H6/c1-5-12-17(4)13-10-8-6-7-9-11-14-18(20)15-19(21)16(2)3;1-7-5-3-4-6-8(7)2;1-5-7(3,4)8-6-2;1-3-4-2;1-2/h6-8,10,13,16,19,21H,5,9,11-12,14-15H2,1-4H3;7-8H,3-6H2,1-2H3;5-6H2,1-4H3;3-4H2,1-2H3;1-2H3/b7-6+,10-8+,17-13+;;;;. The number of rotatable bonds is 15. The molecule has 1 saturated carbocycles. The highest BCUT2D eigenvalue weighted by Gasteiger charge is 2.16. The Balaban J connectivity index is -0.000000281. The minimum absolute atomic E-state index is 0.156. The molecular formula is C40H80O2S. The van der Waals surface area contributed by atoms with Gasteiger partial charge in [-0.1, -0.05) is 171 Å². The number of Topliss-reactive ketones (excluding diaryl/α,β-unsaturated/α-hetero) is 1. The molecule has 0 aromatic carbocycles. The maximum atomic E-state index is 11.6. The molecule has 1 N–H and O–H groups in total. The van der Waals surface area contributed by atoms with Crippen molar-refractivity contribution in [2.75, 3.05) is 5.75 Å². The Kier molecular flexibility index (Phi) is 40.7. The molecule has 1 fully saturated rings. The van der Waals surface area contributed by atoms with E-state index in [0.717, 1.165) is 31.1 Å². The van der Waals surface area contributed by atoms with E-state index in [2.05, 4.69) is 87.5 Å². The van der Waals surface area contributed by atoms with Gasteiger partial charge in [0.2, 0.25) is 0 Å². The predicted molar refractivity (Wildman–Crippen MR) is 202 cm³/mol. The van der Waals surface area contributed by atoms with E-state index in [0.29, 0.717) is 17.6 Å². The summed E-state index contributed by atoms with van der Waals surface area (Å²) in [6, 6.07) is 0. The summed E-state index contributed by atoms with van der Waals surface area (Å²) >= 11 is 2.03. The van der Waals surface area contributed by atoms with Crippen LogP contribution in [0.15, 0.2) is 36.0 Å². The molecule has 1 aliphatic carbocycles. The third kappa shape index (κ3) is 39.2. The average molecular weight is 625 g/mol. The first-order valence-electron chi connectivity index (χ1n) is 18.1. The number of ketones is 1. The van der Waals surface area contributed by atoms with E-state index in [1.54, 1.807) is 0 Å². The monoisotopic (exact) mass is 625 g/mol. The lowest BCUT2D eigenvalue weighted by Crippen LogP contribution is -2.19. The maximum absolute atomic E-state index is 11.6. The molecule has 0 aliphatic heterocycles. The summed E-state index contributed by atoms with van der Waals surface area (Å²) in [4.78, 5) is 11.6. The summed E-state index contributed by atoms with van der Waals surface area (Å²) in [7, 11) is 0. The normalized spacial score (nSPS) is 17.5. The molecule has 43 heavy (non-hydrogen) atoms. The fraction of sp³-hybridized carbons (Fsp3) is 0.825. The Labute approximate surface area is 277 Å². The molecule has 0 radical (unpaired) electrons. The maximum Gasteiger partial charge on any atom is 0.135 e. The Hall–Kier alpha value is -0.800. The van der Waals surface area contributed by atoms with Crippen LogP contribution < -0.4 is 0 Å². The van der Waals surface area contributed by atoms with Crippen molar-refractivity contribution >= 4 is 17.5 Å². The zero-order chi connectivity index (χ0) is 34.1. The van der Waals surface area contributed by atoms with Crippen LogP contribution in [0.4, 0.5) is 0 Å². The first-order chi connectivity index (χ1) is 20.3. The number of carbonyl (C=O) groups excluding carboxylic acids is 1. The molecule has 1 aliphatic rings. The molecule has 0 aromatic rings. The lowest BCUT2D eigenvalue weighted by Gasteiger charge is -2.24. The van der Waals surface area contributed by atoms with Gasteiger partial charge in [0, 0.05) is 17.6 Å². The smallest absolute Gasteiger partial charge is 0.135 e. The topological polar surface area (TPSA) is 37.3 Å². The van der Waals surface area contributed by atoms with Gasteiger partial charge in [-0.05, 0) is 56.1 Å². The van der Waals surface area contributed by atoms with Gasteiger partial charge in [-0.15, -0.1) is 0 Å². The molecule has 0 heterocycles. The molecule has 258 valence electrons. The van der Waals surface area contributed by atoms with Crippen LogP contribution in [-0.2, 0) is 4.79 Å². The van der Waals surface area contributed by atoms with Crippen LogP contribution in [-0.4, -0.2) is 27.5 Å². The lowest BCUT2D eigenvalue weighted by atomic mass is 9.82. The van der Waals surface area contributed by atoms with Crippen molar-refractivity contribution in [1.29, 1.82) is 0 Å². The number of unbranched alkanes of at least 4 members (excludes halogenated alkanes) is 2. The van der Waals surface area contributed by atoms with Gasteiger partial charge in [0.25, 0.3) is 0 Å². The summed E-state index contributed by atoms with van der Waals surface area (Å²) in [5, 5.41) is 9.63. The first-order valence-corrected chi connectivity index (χ1v) is 19.1. The second-order valence-electron chi connectivity index (χ2n) is 12.8. The quantitative estimate of drug-likeness (QED) is 0.145. The lowest BCUT2D eigenvalue weighted by molar-refractivity contribution is -0.121. The molecule has 0 aromatic heterocycles. The minimum atomic E-state index is -0.492. The van der Waals surface area contributed by atoms with E-state index in [-0.39, 0.29) is 11.7 Å². The van der Waals surface area contributed by atoms with Crippen LogP contribution >= 0.6 is 11.8 Å². The Morgan fingerprint density at radius 1 is 0.884 bits per heavy atom. The summed E-state index contributed by atoms with van der Waals surface area (Å²) < 4.78 is 0.509. The van der Waals surface area contributed by atoms with E-state index >= 15 is 0 Å². The highest BCUT2D eigenvalue weighted by molar-refractivity contribution is 8.00. The molecule has 0 amide bonds.